The molecule has 6 heteroatoms. The minimum absolute atomic E-state index is 0. The Bertz CT molecular complexity index is 3320. The Kier molecular flexibility index (Phi) is 9.52. The number of nitrogens with zero attached hydrogens (tertiary/aromatic N) is 4. The van der Waals surface area contributed by atoms with Crippen LogP contribution in [0.5, 0.6) is 5.75 Å². The Morgan fingerprint density at radius 2 is 1.03 bits per heavy atom. The van der Waals surface area contributed by atoms with Crippen molar-refractivity contribution in [2.24, 2.45) is 0 Å². The number of imidazole rings is 1. The minimum atomic E-state index is 0. The zero-order chi connectivity index (χ0) is 39.3. The fraction of sp³-hybridized carbons (Fsp3) is 0. The molecule has 0 aliphatic heterocycles. The molecule has 5 nitrogen and oxygen atoms in total. The number of phenolic OH excluding ortho intramolecular Hbond substituents is 1. The van der Waals surface area contributed by atoms with Gasteiger partial charge in [-0.3, -0.25) is 9.55 Å². The Hall–Kier alpha value is -7.33. The molecule has 0 saturated carbocycles. The number of aromatic nitrogens is 4. The maximum absolute atomic E-state index is 12.1. The molecule has 0 atom stereocenters. The van der Waals surface area contributed by atoms with Crippen molar-refractivity contribution in [1.82, 2.24) is 19.1 Å². The van der Waals surface area contributed by atoms with Gasteiger partial charge in [0.25, 0.3) is 0 Å². The monoisotopic (exact) mass is 950 g/mol. The van der Waals surface area contributed by atoms with Gasteiger partial charge in [-0.25, -0.2) is 4.98 Å². The van der Waals surface area contributed by atoms with Crippen LogP contribution >= 0.6 is 0 Å². The molecule has 11 aromatic rings. The van der Waals surface area contributed by atoms with Crippen LogP contribution in [0.2, 0.25) is 0 Å². The summed E-state index contributed by atoms with van der Waals surface area (Å²) < 4.78 is 4.37. The fourth-order valence-corrected chi connectivity index (χ4v) is 8.41. The smallest absolute Gasteiger partial charge is 0.148 e. The Morgan fingerprint density at radius 3 is 1.75 bits per heavy atom. The SMILES string of the molecule is Oc1cc2c(cc1-c1nc3c(-c4[c-]c(-c5cc(-c6ccccc6)ccn5)cc(-c5ccccc5)c4)cccc3n1-c1ccccc1)c1ccccc1n2-c1ccccc1.[Pt]. The van der Waals surface area contributed by atoms with E-state index in [1.807, 2.05) is 66.9 Å². The maximum Gasteiger partial charge on any atom is 0.148 e. The van der Waals surface area contributed by atoms with Crippen molar-refractivity contribution >= 4 is 32.8 Å². The summed E-state index contributed by atoms with van der Waals surface area (Å²) in [7, 11) is 0. The molecule has 0 spiro atoms. The van der Waals surface area contributed by atoms with E-state index in [0.717, 1.165) is 88.9 Å². The number of hydrogen-bond donors (Lipinski definition) is 1. The van der Waals surface area contributed by atoms with Crippen LogP contribution in [0, 0.1) is 6.07 Å². The number of fused-ring (bicyclic) bond motifs is 4. The number of phenols is 1. The van der Waals surface area contributed by atoms with Gasteiger partial charge in [0.05, 0.1) is 27.6 Å². The van der Waals surface area contributed by atoms with Crippen LogP contribution in [0.3, 0.4) is 0 Å². The molecule has 3 aromatic heterocycles. The molecule has 0 aliphatic carbocycles. The second-order valence-electron chi connectivity index (χ2n) is 14.7. The second-order valence-corrected chi connectivity index (χ2v) is 14.7. The Balaban J connectivity index is 0.00000433. The topological polar surface area (TPSA) is 55.9 Å². The van der Waals surface area contributed by atoms with Crippen LogP contribution < -0.4 is 0 Å². The first kappa shape index (κ1) is 37.0. The second kappa shape index (κ2) is 15.4. The van der Waals surface area contributed by atoms with E-state index >= 15 is 0 Å². The third kappa shape index (κ3) is 6.41. The first-order valence-corrected chi connectivity index (χ1v) is 19.7. The summed E-state index contributed by atoms with van der Waals surface area (Å²) in [6, 6.07) is 72.3. The van der Waals surface area contributed by atoms with E-state index in [2.05, 4.69) is 155 Å². The molecule has 11 rings (SSSR count). The number of benzene rings is 8. The summed E-state index contributed by atoms with van der Waals surface area (Å²) >= 11 is 0. The fourth-order valence-electron chi connectivity index (χ4n) is 8.41. The standard InChI is InChI=1S/C54H35N4O.Pt/c59-52-35-51-46(45-24-13-14-26-49(45)57(51)42-20-9-3-10-21-42)34-47(52)54-56-53-44(25-15-27-50(53)58(54)43-22-11-4-12-23-43)40-30-39(37-18-7-2-8-19-37)31-41(32-40)48-33-38(28-29-55-48)36-16-5-1-6-17-36;/h1-31,33-35,59H;/q-1;. The maximum atomic E-state index is 12.1. The van der Waals surface area contributed by atoms with E-state index in [9.17, 15) is 5.11 Å². The molecule has 0 bridgehead atoms. The Morgan fingerprint density at radius 1 is 0.433 bits per heavy atom. The Labute approximate surface area is 361 Å². The van der Waals surface area contributed by atoms with Gasteiger partial charge in [-0.15, -0.1) is 23.8 Å². The summed E-state index contributed by atoms with van der Waals surface area (Å²) in [5, 5.41) is 14.2. The average molecular weight is 951 g/mol. The molecule has 0 amide bonds. The molecule has 1 N–H and O–H groups in total. The molecule has 3 heterocycles. The predicted molar refractivity (Wildman–Crippen MR) is 241 cm³/mol. The first-order valence-electron chi connectivity index (χ1n) is 19.7. The quantitative estimate of drug-likeness (QED) is 0.162. The van der Waals surface area contributed by atoms with Crippen LogP contribution in [0.25, 0.3) is 100 Å². The van der Waals surface area contributed by atoms with Gasteiger partial charge >= 0.3 is 0 Å². The van der Waals surface area contributed by atoms with Crippen molar-refractivity contribution in [3.63, 3.8) is 0 Å². The van der Waals surface area contributed by atoms with Crippen molar-refractivity contribution in [2.45, 2.75) is 0 Å². The number of rotatable bonds is 7. The van der Waals surface area contributed by atoms with E-state index in [-0.39, 0.29) is 26.8 Å². The van der Waals surface area contributed by atoms with Gasteiger partial charge in [-0.05, 0) is 65.2 Å². The van der Waals surface area contributed by atoms with Crippen molar-refractivity contribution in [3.05, 3.63) is 212 Å². The minimum Gasteiger partial charge on any atom is -0.507 e. The third-order valence-corrected chi connectivity index (χ3v) is 11.2. The van der Waals surface area contributed by atoms with Crippen LogP contribution in [-0.4, -0.2) is 24.2 Å². The third-order valence-electron chi connectivity index (χ3n) is 11.2. The zero-order valence-electron chi connectivity index (χ0n) is 32.2. The van der Waals surface area contributed by atoms with Crippen molar-refractivity contribution < 1.29 is 26.2 Å². The van der Waals surface area contributed by atoms with Crippen molar-refractivity contribution in [3.8, 4) is 73.2 Å². The molecular weight excluding hydrogens is 916 g/mol. The molecule has 8 aromatic carbocycles. The normalized spacial score (nSPS) is 11.3. The number of para-hydroxylation sites is 4. The molecule has 0 saturated heterocycles. The number of hydrogen-bond acceptors (Lipinski definition) is 3. The van der Waals surface area contributed by atoms with Gasteiger partial charge in [0, 0.05) is 61.2 Å². The summed E-state index contributed by atoms with van der Waals surface area (Å²) in [5.74, 6) is 0.794. The molecule has 0 radical (unpaired) electrons. The van der Waals surface area contributed by atoms with Crippen molar-refractivity contribution in [1.29, 1.82) is 0 Å². The molecule has 0 fully saturated rings. The van der Waals surface area contributed by atoms with E-state index in [1.165, 1.54) is 0 Å². The number of pyridine rings is 1. The molecule has 60 heavy (non-hydrogen) atoms. The largest absolute Gasteiger partial charge is 0.507 e. The number of aromatic hydroxyl groups is 1. The van der Waals surface area contributed by atoms with Gasteiger partial charge < -0.3 is 9.67 Å². The van der Waals surface area contributed by atoms with Crippen LogP contribution in [0.15, 0.2) is 206 Å². The van der Waals surface area contributed by atoms with E-state index < -0.39 is 0 Å². The summed E-state index contributed by atoms with van der Waals surface area (Å²) in [6.45, 7) is 0. The first-order chi connectivity index (χ1) is 29.2. The van der Waals surface area contributed by atoms with Crippen LogP contribution in [0.1, 0.15) is 0 Å². The van der Waals surface area contributed by atoms with Crippen LogP contribution in [-0.2, 0) is 21.1 Å². The molecule has 0 unspecified atom stereocenters. The predicted octanol–water partition coefficient (Wildman–Crippen LogP) is 13.4. The van der Waals surface area contributed by atoms with E-state index in [1.54, 1.807) is 0 Å². The van der Waals surface area contributed by atoms with E-state index in [4.69, 9.17) is 9.97 Å². The molecule has 288 valence electrons. The van der Waals surface area contributed by atoms with Gasteiger partial charge in [-0.2, -0.15) is 0 Å². The average Bonchev–Trinajstić information content (AvgIpc) is 3.85. The summed E-state index contributed by atoms with van der Waals surface area (Å²) in [6.07, 6.45) is 1.87. The van der Waals surface area contributed by atoms with Crippen molar-refractivity contribution in [2.75, 3.05) is 0 Å². The van der Waals surface area contributed by atoms with E-state index in [0.29, 0.717) is 11.4 Å². The van der Waals surface area contributed by atoms with Gasteiger partial charge in [0.1, 0.15) is 11.6 Å². The molecule has 0 aliphatic rings. The van der Waals surface area contributed by atoms with Gasteiger partial charge in [0.15, 0.2) is 0 Å². The summed E-state index contributed by atoms with van der Waals surface area (Å²) in [5.41, 5.74) is 14.2. The molecular formula is C54H35N4OPt-. The summed E-state index contributed by atoms with van der Waals surface area (Å²) in [4.78, 5) is 10.3. The zero-order valence-corrected chi connectivity index (χ0v) is 34.5. The van der Waals surface area contributed by atoms with Gasteiger partial charge in [-0.1, -0.05) is 150 Å². The van der Waals surface area contributed by atoms with Gasteiger partial charge in [0.2, 0.25) is 0 Å². The van der Waals surface area contributed by atoms with Crippen LogP contribution in [0.4, 0.5) is 0 Å².